The number of hydrogen-bond acceptors (Lipinski definition) is 15. The third-order valence-electron chi connectivity index (χ3n) is 6.86. The van der Waals surface area contributed by atoms with E-state index in [9.17, 15) is 23.8 Å². The Hall–Kier alpha value is -3.74. The molecule has 2 saturated heterocycles. The number of fused-ring (bicyclic) bond motifs is 1. The molecule has 234 valence electrons. The zero-order valence-electron chi connectivity index (χ0n) is 23.4. The first-order chi connectivity index (χ1) is 20.5. The van der Waals surface area contributed by atoms with Gasteiger partial charge in [-0.3, -0.25) is 23.0 Å². The fraction of sp³-hybridized carbons (Fsp3) is 0.609. The SMILES string of the molecule is CCOC(=O)OC1C[C@H](n2cnc(N)nc2=O)O[C@@H]1COP(=O)(O)OC1C[C@H](n2cnc3c(=O)[nH]c(C)nc32)O[C@@H]1CC. The molecule has 43 heavy (non-hydrogen) atoms. The Morgan fingerprint density at radius 2 is 1.81 bits per heavy atom. The van der Waals surface area contributed by atoms with Crippen LogP contribution >= 0.6 is 7.82 Å². The number of aromatic amines is 1. The van der Waals surface area contributed by atoms with E-state index in [4.69, 9.17) is 33.7 Å². The zero-order valence-corrected chi connectivity index (χ0v) is 24.3. The van der Waals surface area contributed by atoms with Crippen LogP contribution in [0.25, 0.3) is 11.2 Å². The summed E-state index contributed by atoms with van der Waals surface area (Å²) in [5.41, 5.74) is 4.72. The topological polar surface area (TPSA) is 247 Å². The van der Waals surface area contributed by atoms with E-state index < -0.39 is 68.7 Å². The molecule has 5 heterocycles. The number of nitrogen functional groups attached to an aromatic ring is 1. The van der Waals surface area contributed by atoms with Crippen molar-refractivity contribution in [3.63, 3.8) is 0 Å². The lowest BCUT2D eigenvalue weighted by Gasteiger charge is -2.23. The molecule has 3 aromatic heterocycles. The molecule has 3 aromatic rings. The second kappa shape index (κ2) is 12.5. The zero-order chi connectivity index (χ0) is 30.9. The molecule has 0 radical (unpaired) electrons. The van der Waals surface area contributed by atoms with Gasteiger partial charge in [-0.1, -0.05) is 6.92 Å². The molecule has 0 amide bonds. The Labute approximate surface area is 242 Å². The van der Waals surface area contributed by atoms with Crippen molar-refractivity contribution >= 4 is 31.1 Å². The predicted octanol–water partition coefficient (Wildman–Crippen LogP) is 0.691. The molecule has 2 aliphatic heterocycles. The van der Waals surface area contributed by atoms with Crippen LogP contribution in [0.4, 0.5) is 10.7 Å². The molecule has 3 unspecified atom stereocenters. The van der Waals surface area contributed by atoms with Gasteiger partial charge in [0.2, 0.25) is 5.95 Å². The molecule has 0 aliphatic carbocycles. The van der Waals surface area contributed by atoms with Crippen molar-refractivity contribution in [1.82, 2.24) is 34.1 Å². The lowest BCUT2D eigenvalue weighted by Crippen LogP contribution is -2.31. The first-order valence-electron chi connectivity index (χ1n) is 13.4. The van der Waals surface area contributed by atoms with Crippen LogP contribution in [0.1, 0.15) is 51.4 Å². The summed E-state index contributed by atoms with van der Waals surface area (Å²) in [5, 5.41) is 0. The van der Waals surface area contributed by atoms with Crippen LogP contribution in [0.5, 0.6) is 0 Å². The van der Waals surface area contributed by atoms with E-state index in [1.165, 1.54) is 6.33 Å². The van der Waals surface area contributed by atoms with Gasteiger partial charge in [-0.25, -0.2) is 29.1 Å². The molecular formula is C23H31N8O11P. The normalized spacial score (nSPS) is 26.9. The number of carbonyl (C=O) groups excluding carboxylic acids is 1. The molecule has 7 atom stereocenters. The molecule has 0 spiro atoms. The highest BCUT2D eigenvalue weighted by Gasteiger charge is 2.44. The summed E-state index contributed by atoms with van der Waals surface area (Å²) in [4.78, 5) is 65.5. The minimum absolute atomic E-state index is 0.0398. The standard InChI is InChI=1S/C23H31N8O11P/c1-4-12-14(7-16(39-12)30-9-25-18-19(30)27-11(3)28-20(18)32)42-43(35,36)38-8-15-13(41-23(34)37-5-2)6-17(40-15)31-10-26-21(24)29-22(31)33/h9-10,12-17H,4-8H2,1-3H3,(H,35,36)(H2,24,29,33)(H,27,28,32)/t12-,13?,14?,15-,16-,17-/m1/s1. The lowest BCUT2D eigenvalue weighted by atomic mass is 10.1. The lowest BCUT2D eigenvalue weighted by molar-refractivity contribution is -0.0605. The summed E-state index contributed by atoms with van der Waals surface area (Å²) < 4.78 is 48.5. The average Bonchev–Trinajstić information content (AvgIpc) is 3.64. The number of imidazole rings is 1. The van der Waals surface area contributed by atoms with Gasteiger partial charge in [0.15, 0.2) is 11.2 Å². The summed E-state index contributed by atoms with van der Waals surface area (Å²) in [6.07, 6.45) is -3.21. The van der Waals surface area contributed by atoms with Crippen molar-refractivity contribution in [2.45, 2.75) is 76.9 Å². The number of nitrogens with two attached hydrogens (primary N) is 1. The van der Waals surface area contributed by atoms with E-state index >= 15 is 0 Å². The van der Waals surface area contributed by atoms with Crippen LogP contribution in [-0.2, 0) is 32.6 Å². The fourth-order valence-corrected chi connectivity index (χ4v) is 5.89. The average molecular weight is 627 g/mol. The van der Waals surface area contributed by atoms with Gasteiger partial charge in [0, 0.05) is 12.8 Å². The Morgan fingerprint density at radius 3 is 2.53 bits per heavy atom. The summed E-state index contributed by atoms with van der Waals surface area (Å²) in [6, 6.07) is 0. The van der Waals surface area contributed by atoms with Crippen molar-refractivity contribution in [2.24, 2.45) is 0 Å². The van der Waals surface area contributed by atoms with Crippen LogP contribution < -0.4 is 17.0 Å². The highest BCUT2D eigenvalue weighted by atomic mass is 31.2. The molecule has 19 nitrogen and oxygen atoms in total. The quantitative estimate of drug-likeness (QED) is 0.207. The highest BCUT2D eigenvalue weighted by molar-refractivity contribution is 7.47. The number of phosphoric acid groups is 1. The summed E-state index contributed by atoms with van der Waals surface area (Å²) in [5.74, 6) is 0.155. The second-order valence-electron chi connectivity index (χ2n) is 9.77. The predicted molar refractivity (Wildman–Crippen MR) is 143 cm³/mol. The molecule has 0 aromatic carbocycles. The van der Waals surface area contributed by atoms with Gasteiger partial charge in [-0.15, -0.1) is 0 Å². The Kier molecular flexibility index (Phi) is 8.91. The van der Waals surface area contributed by atoms with Crippen molar-refractivity contribution in [3.05, 3.63) is 39.3 Å². The van der Waals surface area contributed by atoms with Gasteiger partial charge in [-0.05, 0) is 20.3 Å². The van der Waals surface area contributed by atoms with Gasteiger partial charge >= 0.3 is 19.7 Å². The minimum atomic E-state index is -4.73. The third-order valence-corrected chi connectivity index (χ3v) is 7.87. The van der Waals surface area contributed by atoms with E-state index in [-0.39, 0.29) is 30.9 Å². The molecule has 0 bridgehead atoms. The summed E-state index contributed by atoms with van der Waals surface area (Å²) >= 11 is 0. The number of anilines is 1. The van der Waals surface area contributed by atoms with Crippen molar-refractivity contribution in [2.75, 3.05) is 18.9 Å². The number of aryl methyl sites for hydroxylation is 1. The van der Waals surface area contributed by atoms with Crippen LogP contribution in [0.15, 0.2) is 22.2 Å². The largest absolute Gasteiger partial charge is 0.508 e. The van der Waals surface area contributed by atoms with Gasteiger partial charge < -0.3 is 34.6 Å². The molecule has 20 heteroatoms. The Bertz CT molecular complexity index is 1640. The maximum absolute atomic E-state index is 13.1. The van der Waals surface area contributed by atoms with Crippen LogP contribution in [0.2, 0.25) is 0 Å². The van der Waals surface area contributed by atoms with Crippen molar-refractivity contribution in [1.29, 1.82) is 0 Å². The monoisotopic (exact) mass is 626 g/mol. The summed E-state index contributed by atoms with van der Waals surface area (Å²) in [7, 11) is -4.73. The molecular weight excluding hydrogens is 595 g/mol. The number of carbonyl (C=O) groups is 1. The van der Waals surface area contributed by atoms with Crippen LogP contribution in [0, 0.1) is 6.92 Å². The maximum Gasteiger partial charge on any atom is 0.508 e. The number of aromatic nitrogens is 7. The van der Waals surface area contributed by atoms with Crippen LogP contribution in [0.3, 0.4) is 0 Å². The van der Waals surface area contributed by atoms with E-state index in [0.29, 0.717) is 17.9 Å². The summed E-state index contributed by atoms with van der Waals surface area (Å²) in [6.45, 7) is 4.54. The molecule has 5 rings (SSSR count). The van der Waals surface area contributed by atoms with Gasteiger partial charge in [0.05, 0.1) is 31.7 Å². The maximum atomic E-state index is 13.1. The van der Waals surface area contributed by atoms with Crippen LogP contribution in [-0.4, -0.2) is 82.7 Å². The number of nitrogens with zero attached hydrogens (tertiary/aromatic N) is 6. The van der Waals surface area contributed by atoms with Crippen molar-refractivity contribution in [3.8, 4) is 0 Å². The molecule has 0 saturated carbocycles. The first-order valence-corrected chi connectivity index (χ1v) is 14.9. The number of ether oxygens (including phenoxy) is 4. The Morgan fingerprint density at radius 1 is 1.12 bits per heavy atom. The van der Waals surface area contributed by atoms with E-state index in [2.05, 4.69) is 24.9 Å². The Balaban J connectivity index is 1.27. The number of H-pyrrole nitrogens is 1. The second-order valence-corrected chi connectivity index (χ2v) is 11.2. The molecule has 4 N–H and O–H groups in total. The first kappa shape index (κ1) is 30.7. The van der Waals surface area contributed by atoms with E-state index in [1.807, 2.05) is 6.92 Å². The van der Waals surface area contributed by atoms with E-state index in [1.54, 1.807) is 18.4 Å². The fourth-order valence-electron chi connectivity index (χ4n) is 4.93. The number of phosphoric ester groups is 1. The smallest absolute Gasteiger partial charge is 0.435 e. The number of nitrogens with one attached hydrogen (secondary N) is 1. The van der Waals surface area contributed by atoms with Gasteiger partial charge in [0.25, 0.3) is 5.56 Å². The van der Waals surface area contributed by atoms with E-state index in [0.717, 1.165) is 10.9 Å². The minimum Gasteiger partial charge on any atom is -0.435 e. The highest BCUT2D eigenvalue weighted by Crippen LogP contribution is 2.49. The van der Waals surface area contributed by atoms with Crippen molar-refractivity contribution < 1.29 is 42.2 Å². The van der Waals surface area contributed by atoms with Gasteiger partial charge in [-0.2, -0.15) is 4.98 Å². The number of rotatable bonds is 10. The van der Waals surface area contributed by atoms with Gasteiger partial charge in [0.1, 0.15) is 36.8 Å². The number of hydrogen-bond donors (Lipinski definition) is 3. The molecule has 2 aliphatic rings. The third kappa shape index (κ3) is 6.76. The molecule has 2 fully saturated rings.